The summed E-state index contributed by atoms with van der Waals surface area (Å²) < 4.78 is 4.91. The normalized spacial score (nSPS) is 13.5. The first-order valence-electron chi connectivity index (χ1n) is 41.6. The van der Waals surface area contributed by atoms with E-state index < -0.39 is 10.8 Å². The fourth-order valence-electron chi connectivity index (χ4n) is 20.9. The van der Waals surface area contributed by atoms with Gasteiger partial charge in [0.1, 0.15) is 5.82 Å². The monoisotopic (exact) mass is 1590 g/mol. The Balaban J connectivity index is 0.645. The molecule has 9 heteroatoms. The van der Waals surface area contributed by atoms with Crippen LogP contribution < -0.4 is 0 Å². The van der Waals surface area contributed by atoms with Crippen molar-refractivity contribution in [2.24, 2.45) is 0 Å². The summed E-state index contributed by atoms with van der Waals surface area (Å²) in [4.78, 5) is 32.5. The average molecular weight is 1590 g/mol. The van der Waals surface area contributed by atoms with Crippen molar-refractivity contribution < 1.29 is 0 Å². The summed E-state index contributed by atoms with van der Waals surface area (Å²) in [5.41, 5.74) is 29.4. The molecule has 26 rings (SSSR count). The van der Waals surface area contributed by atoms with E-state index in [1.54, 1.807) is 0 Å². The zero-order valence-corrected chi connectivity index (χ0v) is 67.3. The predicted molar refractivity (Wildman–Crippen MR) is 500 cm³/mol. The van der Waals surface area contributed by atoms with Gasteiger partial charge in [0.05, 0.1) is 38.6 Å². The fraction of sp³-hybridized carbons (Fsp3) is 0.0177. The second-order valence-electron chi connectivity index (χ2n) is 32.4. The fourth-order valence-corrected chi connectivity index (χ4v) is 23.3. The molecule has 22 aromatic rings. The number of benzene rings is 18. The molecule has 2 aliphatic carbocycles. The van der Waals surface area contributed by atoms with Crippen molar-refractivity contribution >= 4 is 88.7 Å². The lowest BCUT2D eigenvalue weighted by molar-refractivity contribution is 0.723. The largest absolute Gasteiger partial charge is 0.309 e. The Morgan fingerprint density at radius 1 is 0.205 bits per heavy atom. The molecule has 0 saturated carbocycles. The molecule has 0 fully saturated rings. The van der Waals surface area contributed by atoms with Gasteiger partial charge in [-0.05, 0) is 183 Å². The minimum atomic E-state index is -0.603. The predicted octanol–water partition coefficient (Wildman–Crippen LogP) is 28.5. The van der Waals surface area contributed by atoms with Crippen LogP contribution in [-0.4, -0.2) is 34.1 Å². The molecule has 18 aromatic carbocycles. The summed E-state index contributed by atoms with van der Waals surface area (Å²) in [5, 5.41) is 9.38. The van der Waals surface area contributed by atoms with Gasteiger partial charge in [0.25, 0.3) is 0 Å². The van der Waals surface area contributed by atoms with Gasteiger partial charge in [-0.1, -0.05) is 351 Å². The molecule has 7 nitrogen and oxygen atoms in total. The lowest BCUT2D eigenvalue weighted by Gasteiger charge is -2.39. The van der Waals surface area contributed by atoms with Gasteiger partial charge in [-0.25, -0.2) is 24.9 Å². The summed E-state index contributed by atoms with van der Waals surface area (Å²) in [7, 11) is 0. The first-order valence-corrected chi connectivity index (χ1v) is 43.2. The smallest absolute Gasteiger partial charge is 0.164 e. The van der Waals surface area contributed by atoms with E-state index in [4.69, 9.17) is 24.9 Å². The highest BCUT2D eigenvalue weighted by Gasteiger charge is 2.52. The van der Waals surface area contributed by atoms with Gasteiger partial charge in [-0.2, -0.15) is 0 Å². The molecule has 0 atom stereocenters. The molecule has 0 bridgehead atoms. The van der Waals surface area contributed by atoms with Crippen LogP contribution in [0.2, 0.25) is 0 Å². The molecule has 0 radical (unpaired) electrons. The van der Waals surface area contributed by atoms with Gasteiger partial charge in [-0.15, -0.1) is 0 Å². The van der Waals surface area contributed by atoms with Gasteiger partial charge in [0, 0.05) is 80.7 Å². The molecular weight excluding hydrogens is 1520 g/mol. The van der Waals surface area contributed by atoms with Crippen LogP contribution in [0.5, 0.6) is 0 Å². The summed E-state index contributed by atoms with van der Waals surface area (Å²) in [6.45, 7) is 0. The molecule has 0 N–H and O–H groups in total. The van der Waals surface area contributed by atoms with Crippen LogP contribution in [0.15, 0.2) is 426 Å². The molecule has 6 heterocycles. The molecule has 122 heavy (non-hydrogen) atoms. The lowest BCUT2D eigenvalue weighted by Crippen LogP contribution is -2.32. The molecule has 566 valence electrons. The highest BCUT2D eigenvalue weighted by Crippen LogP contribution is 2.65. The van der Waals surface area contributed by atoms with Crippen molar-refractivity contribution in [1.82, 2.24) is 34.1 Å². The van der Waals surface area contributed by atoms with Gasteiger partial charge in [0.15, 0.2) is 23.3 Å². The zero-order valence-electron chi connectivity index (χ0n) is 65.6. The minimum Gasteiger partial charge on any atom is -0.309 e. The highest BCUT2D eigenvalue weighted by molar-refractivity contribution is 7.99. The van der Waals surface area contributed by atoms with Gasteiger partial charge >= 0.3 is 0 Å². The molecule has 2 aliphatic heterocycles. The van der Waals surface area contributed by atoms with E-state index in [1.165, 1.54) is 108 Å². The van der Waals surface area contributed by atoms with Crippen LogP contribution in [0.4, 0.5) is 0 Å². The maximum Gasteiger partial charge on any atom is 0.164 e. The molecule has 0 unspecified atom stereocenters. The van der Waals surface area contributed by atoms with Crippen molar-refractivity contribution in [3.05, 3.63) is 451 Å². The maximum absolute atomic E-state index is 5.62. The molecular formula is C113H67N7S2. The Labute approximate surface area is 711 Å². The van der Waals surface area contributed by atoms with E-state index in [0.29, 0.717) is 23.3 Å². The molecule has 4 aliphatic rings. The van der Waals surface area contributed by atoms with Crippen LogP contribution in [-0.2, 0) is 10.8 Å². The van der Waals surface area contributed by atoms with E-state index in [-0.39, 0.29) is 0 Å². The number of rotatable bonds is 9. The van der Waals surface area contributed by atoms with Crippen LogP contribution in [0.25, 0.3) is 178 Å². The van der Waals surface area contributed by atoms with Crippen LogP contribution in [0, 0.1) is 0 Å². The summed E-state index contributed by atoms with van der Waals surface area (Å²) in [5.74, 6) is 3.16. The third-order valence-corrected chi connectivity index (χ3v) is 28.4. The summed E-state index contributed by atoms with van der Waals surface area (Å²) in [6, 6.07) is 149. The van der Waals surface area contributed by atoms with E-state index in [0.717, 1.165) is 111 Å². The van der Waals surface area contributed by atoms with Crippen molar-refractivity contribution in [2.45, 2.75) is 30.4 Å². The SMILES string of the molecule is c1ccc(-c2ccc(-c3nc(-c4cccc(-c5ccc6c(ccc7c6c6cc8c(cc6n7-c6cc(-c7ccccc7)nc(-c7ccccc7)n6)C6(c7ccccc7S8)c7ccccc7-c7ccccc76)c5)c4)nc(-c4cccc(-n5c6cc7c(cc6c6c8ccccc8ccc65)Sc5ccccc5C75c6ccccc6-c6ccccc65)c4)n3)cc2)cc1. The summed E-state index contributed by atoms with van der Waals surface area (Å²) in [6.07, 6.45) is 0. The number of nitrogens with zero attached hydrogens (tertiary/aromatic N) is 7. The van der Waals surface area contributed by atoms with Crippen LogP contribution >= 0.6 is 23.5 Å². The Morgan fingerprint density at radius 3 is 1.20 bits per heavy atom. The van der Waals surface area contributed by atoms with E-state index in [1.807, 2.05) is 29.6 Å². The minimum absolute atomic E-state index is 0.568. The molecule has 2 spiro atoms. The average Bonchev–Trinajstić information content (AvgIpc) is 1.50. The Morgan fingerprint density at radius 2 is 0.607 bits per heavy atom. The lowest BCUT2D eigenvalue weighted by atomic mass is 9.67. The van der Waals surface area contributed by atoms with Gasteiger partial charge < -0.3 is 4.57 Å². The number of hydrogen-bond acceptors (Lipinski definition) is 7. The van der Waals surface area contributed by atoms with Crippen molar-refractivity contribution in [1.29, 1.82) is 0 Å². The van der Waals surface area contributed by atoms with E-state index in [9.17, 15) is 0 Å². The number of fused-ring (bicyclic) bond motifs is 28. The second-order valence-corrected chi connectivity index (χ2v) is 34.6. The topological polar surface area (TPSA) is 74.3 Å². The third kappa shape index (κ3) is 10.1. The van der Waals surface area contributed by atoms with E-state index >= 15 is 0 Å². The highest BCUT2D eigenvalue weighted by atomic mass is 32.2. The Bertz CT molecular complexity index is 8060. The zero-order chi connectivity index (χ0) is 79.9. The summed E-state index contributed by atoms with van der Waals surface area (Å²) >= 11 is 3.76. The Hall–Kier alpha value is -15.1. The molecule has 4 aromatic heterocycles. The van der Waals surface area contributed by atoms with Crippen molar-refractivity contribution in [2.75, 3.05) is 0 Å². The second kappa shape index (κ2) is 26.7. The first-order chi connectivity index (χ1) is 60.4. The maximum atomic E-state index is 5.62. The number of hydrogen-bond donors (Lipinski definition) is 0. The van der Waals surface area contributed by atoms with Gasteiger partial charge in [0.2, 0.25) is 0 Å². The van der Waals surface area contributed by atoms with Crippen molar-refractivity contribution in [3.8, 4) is 113 Å². The molecule has 0 amide bonds. The van der Waals surface area contributed by atoms with Gasteiger partial charge in [-0.3, -0.25) is 4.57 Å². The van der Waals surface area contributed by atoms with E-state index in [2.05, 4.69) is 410 Å². The Kier molecular flexibility index (Phi) is 15.1. The number of aromatic nitrogens is 7. The molecule has 0 saturated heterocycles. The third-order valence-electron chi connectivity index (χ3n) is 26.1. The van der Waals surface area contributed by atoms with Crippen LogP contribution in [0.1, 0.15) is 44.5 Å². The van der Waals surface area contributed by atoms with Crippen molar-refractivity contribution in [3.63, 3.8) is 0 Å². The first kappa shape index (κ1) is 68.9. The standard InChI is InChI=1S/C113H67N7S2/c1-4-26-68(27-5-1)69-50-52-73(53-51-69)109-116-110(118-111(117-109)78-35-25-36-79(62-78)119-97-58-55-70-28-10-11-37-80(70)106(97)86-63-103-94(65-99(86)119)112(92-46-20-22-48-101(92)121-103)88-42-16-12-38-82(88)83-39-13-17-43-89(83)112)77-34-24-33-74(61-77)75-54-57-81-76(60-75)56-59-98-107(81)87-64-104-95(113(93-47-21-23-49-102(93)122-104)90-44-18-14-40-84(90)85-41-15-19-45-91(85)113)66-100(87)120(98)105-67-96(71-29-6-2-7-30-71)114-108(115-105)72-31-8-3-9-32-72/h1-67H. The quantitative estimate of drug-likeness (QED) is 0.143. The van der Waals surface area contributed by atoms with Crippen LogP contribution in [0.3, 0.4) is 0 Å².